The number of likely N-dealkylation sites (tertiary alicyclic amines) is 2. The van der Waals surface area contributed by atoms with Gasteiger partial charge in [0.05, 0.1) is 13.1 Å². The molecule has 2 aliphatic heterocycles. The lowest BCUT2D eigenvalue weighted by atomic mass is 9.84. The molecule has 3 heterocycles. The van der Waals surface area contributed by atoms with Crippen molar-refractivity contribution in [2.75, 3.05) is 13.1 Å². The molecule has 1 aromatic rings. The maximum absolute atomic E-state index is 13.1. The first-order chi connectivity index (χ1) is 12.3. The monoisotopic (exact) mass is 359 g/mol. The molecule has 2 saturated heterocycles. The minimum atomic E-state index is -0.766. The lowest BCUT2D eigenvalue weighted by molar-refractivity contribution is -0.169. The zero-order chi connectivity index (χ0) is 18.9. The summed E-state index contributed by atoms with van der Waals surface area (Å²) in [6.07, 6.45) is 4.75. The highest BCUT2D eigenvalue weighted by Gasteiger charge is 2.60. The third-order valence-electron chi connectivity index (χ3n) is 5.14. The van der Waals surface area contributed by atoms with Crippen molar-refractivity contribution in [1.82, 2.24) is 25.1 Å². The van der Waals surface area contributed by atoms with E-state index in [0.717, 1.165) is 6.42 Å². The molecule has 0 aliphatic carbocycles. The van der Waals surface area contributed by atoms with Crippen LogP contribution in [0.5, 0.6) is 0 Å². The van der Waals surface area contributed by atoms with Crippen LogP contribution in [0.15, 0.2) is 18.5 Å². The van der Waals surface area contributed by atoms with Crippen LogP contribution < -0.4 is 5.32 Å². The van der Waals surface area contributed by atoms with Gasteiger partial charge in [0.2, 0.25) is 11.8 Å². The highest BCUT2D eigenvalue weighted by Crippen LogP contribution is 2.40. The van der Waals surface area contributed by atoms with Gasteiger partial charge in [0.1, 0.15) is 17.4 Å². The first-order valence-corrected chi connectivity index (χ1v) is 8.99. The van der Waals surface area contributed by atoms with Crippen molar-refractivity contribution in [2.24, 2.45) is 5.92 Å². The highest BCUT2D eigenvalue weighted by atomic mass is 16.2. The van der Waals surface area contributed by atoms with Crippen molar-refractivity contribution in [3.63, 3.8) is 0 Å². The van der Waals surface area contributed by atoms with Crippen molar-refractivity contribution in [3.8, 4) is 0 Å². The SMILES string of the molecule is CC(=O)N[C@H](C(=O)N1CCCC12CN(Cc1ncccn1)C2=O)C(C)C. The minimum absolute atomic E-state index is 0.0481. The van der Waals surface area contributed by atoms with Crippen LogP contribution in [-0.4, -0.2) is 62.2 Å². The molecular weight excluding hydrogens is 334 g/mol. The van der Waals surface area contributed by atoms with Gasteiger partial charge in [-0.15, -0.1) is 0 Å². The number of nitrogens with zero attached hydrogens (tertiary/aromatic N) is 4. The van der Waals surface area contributed by atoms with E-state index in [4.69, 9.17) is 0 Å². The van der Waals surface area contributed by atoms with Gasteiger partial charge in [-0.1, -0.05) is 13.8 Å². The van der Waals surface area contributed by atoms with Crippen molar-refractivity contribution >= 4 is 17.7 Å². The van der Waals surface area contributed by atoms with E-state index in [1.165, 1.54) is 6.92 Å². The topological polar surface area (TPSA) is 95.5 Å². The van der Waals surface area contributed by atoms with Crippen LogP contribution in [0.4, 0.5) is 0 Å². The normalized spacial score (nSPS) is 23.3. The molecule has 1 aromatic heterocycles. The molecule has 0 bridgehead atoms. The molecule has 2 atom stereocenters. The fourth-order valence-electron chi connectivity index (χ4n) is 3.86. The smallest absolute Gasteiger partial charge is 0.250 e. The Morgan fingerprint density at radius 2 is 2.00 bits per heavy atom. The second-order valence-electron chi connectivity index (χ2n) is 7.37. The summed E-state index contributed by atoms with van der Waals surface area (Å²) in [5, 5.41) is 2.73. The third kappa shape index (κ3) is 3.15. The van der Waals surface area contributed by atoms with Crippen LogP contribution in [0.2, 0.25) is 0 Å². The van der Waals surface area contributed by atoms with Crippen LogP contribution in [0.25, 0.3) is 0 Å². The molecular formula is C18H25N5O3. The van der Waals surface area contributed by atoms with Crippen molar-refractivity contribution < 1.29 is 14.4 Å². The number of nitrogens with one attached hydrogen (secondary N) is 1. The fourth-order valence-corrected chi connectivity index (χ4v) is 3.86. The summed E-state index contributed by atoms with van der Waals surface area (Å²) in [5.41, 5.74) is -0.766. The highest BCUT2D eigenvalue weighted by molar-refractivity contribution is 5.99. The Balaban J connectivity index is 1.73. The van der Waals surface area contributed by atoms with Crippen LogP contribution in [0.1, 0.15) is 39.4 Å². The van der Waals surface area contributed by atoms with E-state index in [1.807, 2.05) is 13.8 Å². The number of carbonyl (C=O) groups is 3. The van der Waals surface area contributed by atoms with Gasteiger partial charge in [-0.3, -0.25) is 14.4 Å². The Morgan fingerprint density at radius 3 is 2.58 bits per heavy atom. The molecule has 8 nitrogen and oxygen atoms in total. The van der Waals surface area contributed by atoms with E-state index < -0.39 is 11.6 Å². The molecule has 3 amide bonds. The van der Waals surface area contributed by atoms with E-state index in [-0.39, 0.29) is 23.6 Å². The molecule has 26 heavy (non-hydrogen) atoms. The van der Waals surface area contributed by atoms with Gasteiger partial charge < -0.3 is 15.1 Å². The fraction of sp³-hybridized carbons (Fsp3) is 0.611. The Hall–Kier alpha value is -2.51. The van der Waals surface area contributed by atoms with Crippen LogP contribution >= 0.6 is 0 Å². The number of carbonyl (C=O) groups excluding carboxylic acids is 3. The first kappa shape index (κ1) is 18.3. The van der Waals surface area contributed by atoms with Crippen molar-refractivity contribution in [3.05, 3.63) is 24.3 Å². The van der Waals surface area contributed by atoms with Crippen LogP contribution in [0, 0.1) is 5.92 Å². The third-order valence-corrected chi connectivity index (χ3v) is 5.14. The predicted octanol–water partition coefficient (Wildman–Crippen LogP) is 0.341. The van der Waals surface area contributed by atoms with Crippen LogP contribution in [0.3, 0.4) is 0 Å². The average molecular weight is 359 g/mol. The van der Waals surface area contributed by atoms with E-state index in [9.17, 15) is 14.4 Å². The lowest BCUT2D eigenvalue weighted by Crippen LogP contribution is -2.73. The van der Waals surface area contributed by atoms with Crippen molar-refractivity contribution in [2.45, 2.75) is 51.7 Å². The second-order valence-corrected chi connectivity index (χ2v) is 7.37. The predicted molar refractivity (Wildman–Crippen MR) is 93.6 cm³/mol. The van der Waals surface area contributed by atoms with Gasteiger partial charge in [0, 0.05) is 25.9 Å². The van der Waals surface area contributed by atoms with Gasteiger partial charge in [0.25, 0.3) is 5.91 Å². The van der Waals surface area contributed by atoms with E-state index >= 15 is 0 Å². The Bertz CT molecular complexity index is 708. The van der Waals surface area contributed by atoms with E-state index in [2.05, 4.69) is 15.3 Å². The molecule has 8 heteroatoms. The number of rotatable bonds is 5. The summed E-state index contributed by atoms with van der Waals surface area (Å²) in [6, 6.07) is 1.12. The standard InChI is InChI=1S/C18H25N5O3/c1-12(2)15(21-13(3)24)16(25)23-9-4-6-18(23)11-22(17(18)26)10-14-19-7-5-8-20-14/h5,7-8,12,15H,4,6,9-11H2,1-3H3,(H,21,24)/t15-,18?/m0/s1. The van der Waals surface area contributed by atoms with Crippen molar-refractivity contribution in [1.29, 1.82) is 0 Å². The summed E-state index contributed by atoms with van der Waals surface area (Å²) in [5.74, 6) is 0.0730. The minimum Gasteiger partial charge on any atom is -0.344 e. The molecule has 2 fully saturated rings. The molecule has 140 valence electrons. The summed E-state index contributed by atoms with van der Waals surface area (Å²) < 4.78 is 0. The largest absolute Gasteiger partial charge is 0.344 e. The molecule has 1 unspecified atom stereocenters. The number of hydrogen-bond acceptors (Lipinski definition) is 5. The molecule has 0 saturated carbocycles. The summed E-state index contributed by atoms with van der Waals surface area (Å²) >= 11 is 0. The van der Waals surface area contributed by atoms with Gasteiger partial charge >= 0.3 is 0 Å². The number of β-lactam (4-membered cyclic amide) rings is 1. The number of hydrogen-bond donors (Lipinski definition) is 1. The molecule has 3 rings (SSSR count). The van der Waals surface area contributed by atoms with E-state index in [0.29, 0.717) is 31.9 Å². The summed E-state index contributed by atoms with van der Waals surface area (Å²) in [7, 11) is 0. The Kier molecular flexibility index (Phi) is 4.93. The van der Waals surface area contributed by atoms with Gasteiger partial charge in [-0.2, -0.15) is 0 Å². The lowest BCUT2D eigenvalue weighted by Gasteiger charge is -2.51. The Labute approximate surface area is 153 Å². The summed E-state index contributed by atoms with van der Waals surface area (Å²) in [6.45, 7) is 6.57. The second kappa shape index (κ2) is 7.01. The summed E-state index contributed by atoms with van der Waals surface area (Å²) in [4.78, 5) is 49.1. The zero-order valence-electron chi connectivity index (χ0n) is 15.4. The quantitative estimate of drug-likeness (QED) is 0.765. The Morgan fingerprint density at radius 1 is 1.31 bits per heavy atom. The van der Waals surface area contributed by atoms with Crippen LogP contribution in [-0.2, 0) is 20.9 Å². The van der Waals surface area contributed by atoms with E-state index in [1.54, 1.807) is 28.3 Å². The molecule has 1 N–H and O–H groups in total. The molecule has 2 aliphatic rings. The average Bonchev–Trinajstić information content (AvgIpc) is 3.05. The molecule has 0 aromatic carbocycles. The number of aromatic nitrogens is 2. The number of amides is 3. The van der Waals surface area contributed by atoms with Gasteiger partial charge in [0.15, 0.2) is 0 Å². The molecule has 1 spiro atoms. The maximum atomic E-state index is 13.1. The zero-order valence-corrected chi connectivity index (χ0v) is 15.4. The van der Waals surface area contributed by atoms with Gasteiger partial charge in [-0.05, 0) is 24.8 Å². The molecule has 0 radical (unpaired) electrons. The first-order valence-electron chi connectivity index (χ1n) is 8.99. The maximum Gasteiger partial charge on any atom is 0.250 e. The van der Waals surface area contributed by atoms with Gasteiger partial charge in [-0.25, -0.2) is 9.97 Å².